The van der Waals surface area contributed by atoms with Gasteiger partial charge in [-0.3, -0.25) is 4.79 Å². The molecule has 0 aliphatic heterocycles. The Morgan fingerprint density at radius 2 is 1.81 bits per heavy atom. The summed E-state index contributed by atoms with van der Waals surface area (Å²) in [7, 11) is 0. The van der Waals surface area contributed by atoms with E-state index in [1.54, 1.807) is 0 Å². The van der Waals surface area contributed by atoms with Crippen molar-refractivity contribution >= 4 is 5.91 Å². The van der Waals surface area contributed by atoms with Crippen LogP contribution in [0.1, 0.15) is 57.8 Å². The average Bonchev–Trinajstić information content (AvgIpc) is 2.47. The summed E-state index contributed by atoms with van der Waals surface area (Å²) >= 11 is 0. The third-order valence-electron chi connectivity index (χ3n) is 5.16. The van der Waals surface area contributed by atoms with Crippen LogP contribution in [0.15, 0.2) is 0 Å². The number of carbonyl (C=O) groups is 1. The van der Waals surface area contributed by atoms with E-state index in [0.717, 1.165) is 32.1 Å². The lowest BCUT2D eigenvalue weighted by Crippen LogP contribution is -2.51. The summed E-state index contributed by atoms with van der Waals surface area (Å²) in [5.41, 5.74) is 5.25. The van der Waals surface area contributed by atoms with Gasteiger partial charge in [0, 0.05) is 12.6 Å². The Bertz CT molecular complexity index is 364. The molecule has 0 aromatic rings. The molecule has 6 heteroatoms. The summed E-state index contributed by atoms with van der Waals surface area (Å²) in [5.74, 6) is -1.41. The first-order chi connectivity index (χ1) is 9.87. The minimum absolute atomic E-state index is 0.00981. The molecule has 0 aromatic heterocycles. The molecule has 2 atom stereocenters. The number of nitrogens with one attached hydrogen (secondary N) is 1. The van der Waals surface area contributed by atoms with Crippen molar-refractivity contribution in [3.8, 4) is 0 Å². The topological polar surface area (TPSA) is 55.1 Å². The van der Waals surface area contributed by atoms with Gasteiger partial charge in [0.1, 0.15) is 0 Å². The van der Waals surface area contributed by atoms with Crippen LogP contribution in [0.5, 0.6) is 0 Å². The molecule has 2 fully saturated rings. The van der Waals surface area contributed by atoms with Crippen molar-refractivity contribution in [1.29, 1.82) is 0 Å². The molecule has 1 amide bonds. The Kier molecular flexibility index (Phi) is 5.17. The van der Waals surface area contributed by atoms with Gasteiger partial charge in [-0.1, -0.05) is 25.7 Å². The molecule has 21 heavy (non-hydrogen) atoms. The van der Waals surface area contributed by atoms with E-state index in [1.807, 2.05) is 0 Å². The van der Waals surface area contributed by atoms with Gasteiger partial charge in [-0.25, -0.2) is 0 Å². The number of alkyl halides is 3. The Hall–Kier alpha value is -0.780. The van der Waals surface area contributed by atoms with Crippen molar-refractivity contribution in [2.45, 2.75) is 70.0 Å². The molecule has 0 radical (unpaired) electrons. The fourth-order valence-corrected chi connectivity index (χ4v) is 3.71. The minimum atomic E-state index is -4.15. The normalized spacial score (nSPS) is 29.9. The summed E-state index contributed by atoms with van der Waals surface area (Å²) in [6.45, 7) is 0.286. The van der Waals surface area contributed by atoms with Crippen LogP contribution in [0, 0.1) is 11.3 Å². The Balaban J connectivity index is 1.95. The van der Waals surface area contributed by atoms with E-state index in [9.17, 15) is 18.0 Å². The summed E-state index contributed by atoms with van der Waals surface area (Å²) in [4.78, 5) is 12.5. The van der Waals surface area contributed by atoms with Crippen LogP contribution < -0.4 is 11.1 Å². The van der Waals surface area contributed by atoms with E-state index in [4.69, 9.17) is 5.73 Å². The van der Waals surface area contributed by atoms with Crippen molar-refractivity contribution in [3.05, 3.63) is 0 Å². The minimum Gasteiger partial charge on any atom is -0.353 e. The summed E-state index contributed by atoms with van der Waals surface area (Å²) in [6.07, 6.45) is 1.75. The zero-order valence-corrected chi connectivity index (χ0v) is 12.3. The van der Waals surface area contributed by atoms with Crippen LogP contribution in [-0.2, 0) is 4.79 Å². The van der Waals surface area contributed by atoms with Crippen molar-refractivity contribution in [3.63, 3.8) is 0 Å². The van der Waals surface area contributed by atoms with Crippen molar-refractivity contribution in [2.24, 2.45) is 17.1 Å². The predicted octanol–water partition coefficient (Wildman–Crippen LogP) is 3.13. The van der Waals surface area contributed by atoms with Gasteiger partial charge in [0.05, 0.1) is 11.3 Å². The summed E-state index contributed by atoms with van der Waals surface area (Å²) in [6, 6.07) is -0.358. The highest BCUT2D eigenvalue weighted by Crippen LogP contribution is 2.39. The van der Waals surface area contributed by atoms with Crippen LogP contribution in [-0.4, -0.2) is 24.7 Å². The molecule has 0 aromatic carbocycles. The van der Waals surface area contributed by atoms with Gasteiger partial charge in [0.15, 0.2) is 0 Å². The molecule has 3 N–H and O–H groups in total. The molecule has 2 aliphatic rings. The molecular weight excluding hydrogens is 281 g/mol. The summed E-state index contributed by atoms with van der Waals surface area (Å²) < 4.78 is 38.4. The molecule has 122 valence electrons. The maximum absolute atomic E-state index is 12.8. The highest BCUT2D eigenvalue weighted by molar-refractivity contribution is 5.83. The number of halogens is 3. The first kappa shape index (κ1) is 16.6. The van der Waals surface area contributed by atoms with Gasteiger partial charge in [0.25, 0.3) is 0 Å². The number of amides is 1. The second kappa shape index (κ2) is 6.55. The van der Waals surface area contributed by atoms with Crippen LogP contribution in [0.2, 0.25) is 0 Å². The fraction of sp³-hybridized carbons (Fsp3) is 0.933. The molecule has 0 heterocycles. The number of hydrogen-bond donors (Lipinski definition) is 2. The lowest BCUT2D eigenvalue weighted by Gasteiger charge is -2.38. The molecule has 0 saturated heterocycles. The van der Waals surface area contributed by atoms with Crippen LogP contribution in [0.25, 0.3) is 0 Å². The first-order valence-electron chi connectivity index (χ1n) is 7.95. The molecule has 0 spiro atoms. The number of nitrogens with two attached hydrogens (primary N) is 1. The Morgan fingerprint density at radius 3 is 2.38 bits per heavy atom. The monoisotopic (exact) mass is 306 g/mol. The molecular formula is C15H25F3N2O. The largest absolute Gasteiger partial charge is 0.391 e. The third-order valence-corrected chi connectivity index (χ3v) is 5.16. The van der Waals surface area contributed by atoms with Crippen LogP contribution in [0.3, 0.4) is 0 Å². The second-order valence-electron chi connectivity index (χ2n) is 6.62. The maximum Gasteiger partial charge on any atom is 0.391 e. The highest BCUT2D eigenvalue weighted by atomic mass is 19.4. The van der Waals surface area contributed by atoms with Gasteiger partial charge < -0.3 is 11.1 Å². The Morgan fingerprint density at radius 1 is 1.14 bits per heavy atom. The quantitative estimate of drug-likeness (QED) is 0.841. The molecule has 3 nitrogen and oxygen atoms in total. The lowest BCUT2D eigenvalue weighted by molar-refractivity contribution is -0.184. The summed E-state index contributed by atoms with van der Waals surface area (Å²) in [5, 5.41) is 2.86. The second-order valence-corrected chi connectivity index (χ2v) is 6.62. The predicted molar refractivity (Wildman–Crippen MR) is 74.5 cm³/mol. The van der Waals surface area contributed by atoms with Crippen LogP contribution >= 0.6 is 0 Å². The fourth-order valence-electron chi connectivity index (χ4n) is 3.71. The zero-order chi connectivity index (χ0) is 15.5. The smallest absolute Gasteiger partial charge is 0.353 e. The zero-order valence-electron chi connectivity index (χ0n) is 12.3. The Labute approximate surface area is 123 Å². The van der Waals surface area contributed by atoms with Gasteiger partial charge >= 0.3 is 6.18 Å². The average molecular weight is 306 g/mol. The van der Waals surface area contributed by atoms with Gasteiger partial charge in [0.2, 0.25) is 5.91 Å². The number of rotatable bonds is 3. The SMILES string of the molecule is NCC1(C(=O)NC2CCCC(C(F)(F)F)C2)CCCCC1. The lowest BCUT2D eigenvalue weighted by atomic mass is 9.73. The van der Waals surface area contributed by atoms with Crippen molar-refractivity contribution in [1.82, 2.24) is 5.32 Å². The van der Waals surface area contributed by atoms with Crippen molar-refractivity contribution < 1.29 is 18.0 Å². The molecule has 2 aliphatic carbocycles. The van der Waals surface area contributed by atoms with Gasteiger partial charge in [-0.15, -0.1) is 0 Å². The molecule has 2 unspecified atom stereocenters. The third kappa shape index (κ3) is 3.90. The van der Waals surface area contributed by atoms with E-state index in [-0.39, 0.29) is 31.3 Å². The standard InChI is InChI=1S/C15H25F3N2O/c16-15(17,18)11-5-4-6-12(9-11)20-13(21)14(10-19)7-2-1-3-8-14/h11-12H,1-10,19H2,(H,20,21). The molecule has 0 bridgehead atoms. The number of hydrogen-bond acceptors (Lipinski definition) is 2. The highest BCUT2D eigenvalue weighted by Gasteiger charge is 2.44. The van der Waals surface area contributed by atoms with Gasteiger partial charge in [-0.2, -0.15) is 13.2 Å². The van der Waals surface area contributed by atoms with E-state index < -0.39 is 17.5 Å². The van der Waals surface area contributed by atoms with Gasteiger partial charge in [-0.05, 0) is 32.1 Å². The molecule has 2 saturated carbocycles. The van der Waals surface area contributed by atoms with Crippen LogP contribution in [0.4, 0.5) is 13.2 Å². The van der Waals surface area contributed by atoms with E-state index in [2.05, 4.69) is 5.32 Å². The molecule has 2 rings (SSSR count). The van der Waals surface area contributed by atoms with E-state index in [1.165, 1.54) is 0 Å². The number of carbonyl (C=O) groups excluding carboxylic acids is 1. The van der Waals surface area contributed by atoms with Crippen molar-refractivity contribution in [2.75, 3.05) is 6.54 Å². The van der Waals surface area contributed by atoms with E-state index in [0.29, 0.717) is 12.8 Å². The van der Waals surface area contributed by atoms with E-state index >= 15 is 0 Å². The first-order valence-corrected chi connectivity index (χ1v) is 7.95. The maximum atomic E-state index is 12.8.